The minimum absolute atomic E-state index is 0.0675. The fourth-order valence-corrected chi connectivity index (χ4v) is 12.0. The first kappa shape index (κ1) is 34.7. The van der Waals surface area contributed by atoms with Gasteiger partial charge in [0.25, 0.3) is 0 Å². The summed E-state index contributed by atoms with van der Waals surface area (Å²) >= 11 is 1.67. The van der Waals surface area contributed by atoms with Crippen LogP contribution in [0.2, 0.25) is 0 Å². The molecule has 0 unspecified atom stereocenters. The summed E-state index contributed by atoms with van der Waals surface area (Å²) in [6.45, 7) is 0. The number of rotatable bonds is 2. The van der Waals surface area contributed by atoms with Crippen LogP contribution in [0.1, 0.15) is 128 Å². The number of hydrogen-bond acceptors (Lipinski definition) is 5. The Morgan fingerprint density at radius 1 is 0.456 bits per heavy atom. The number of ketones is 4. The van der Waals surface area contributed by atoms with Crippen molar-refractivity contribution in [1.82, 2.24) is 0 Å². The molecule has 4 aromatic carbocycles. The van der Waals surface area contributed by atoms with Crippen LogP contribution in [0.4, 0.5) is 17.6 Å². The van der Waals surface area contributed by atoms with Crippen LogP contribution >= 0.6 is 11.3 Å². The van der Waals surface area contributed by atoms with E-state index in [-0.39, 0.29) is 33.4 Å². The van der Waals surface area contributed by atoms with Crippen LogP contribution in [0.3, 0.4) is 0 Å². The van der Waals surface area contributed by atoms with Gasteiger partial charge in [-0.25, -0.2) is 17.6 Å². The van der Waals surface area contributed by atoms with E-state index >= 15 is 0 Å². The minimum atomic E-state index is -1.16. The normalized spacial score (nSPS) is 20.1. The molecule has 0 radical (unpaired) electrons. The topological polar surface area (TPSA) is 68.3 Å². The van der Waals surface area contributed by atoms with Crippen molar-refractivity contribution in [1.29, 1.82) is 0 Å². The molecule has 6 aliphatic rings. The lowest BCUT2D eigenvalue weighted by Crippen LogP contribution is -2.29. The van der Waals surface area contributed by atoms with Crippen molar-refractivity contribution in [2.75, 3.05) is 0 Å². The molecule has 0 saturated heterocycles. The fraction of sp³-hybridized carbons (Fsp3) is 0.250. The molecule has 4 nitrogen and oxygen atoms in total. The number of hydrogen-bond donors (Lipinski definition) is 0. The number of halogens is 4. The Bertz CT molecular complexity index is 2650. The van der Waals surface area contributed by atoms with E-state index in [9.17, 15) is 36.7 Å². The van der Waals surface area contributed by atoms with Crippen molar-refractivity contribution in [2.24, 2.45) is 0 Å². The van der Waals surface area contributed by atoms with Crippen LogP contribution in [-0.4, -0.2) is 23.1 Å². The summed E-state index contributed by atoms with van der Waals surface area (Å²) in [7, 11) is 0. The van der Waals surface area contributed by atoms with Gasteiger partial charge in [0.2, 0.25) is 0 Å². The SMILES string of the molecule is O=C1C(=CC2=Cc3cc4sc5cc6c(cc5c4cc3C23CCCCC3)C2(CCCCC2)C(C=C2C(=O)c3cc(F)c(F)cc3C2=O)=C6)C(=O)c2cc(F)c(F)cc21. The summed E-state index contributed by atoms with van der Waals surface area (Å²) in [4.78, 5) is 53.9. The Balaban J connectivity index is 1.02. The molecule has 0 amide bonds. The van der Waals surface area contributed by atoms with E-state index in [2.05, 4.69) is 36.4 Å². The quantitative estimate of drug-likeness (QED) is 0.102. The third-order valence-corrected chi connectivity index (χ3v) is 14.8. The second-order valence-corrected chi connectivity index (χ2v) is 17.6. The number of carbonyl (C=O) groups is 4. The molecule has 6 aliphatic carbocycles. The van der Waals surface area contributed by atoms with Crippen molar-refractivity contribution < 1.29 is 36.7 Å². The maximum absolute atomic E-state index is 14.1. The highest BCUT2D eigenvalue weighted by Crippen LogP contribution is 2.57. The van der Waals surface area contributed by atoms with Gasteiger partial charge in [-0.15, -0.1) is 11.3 Å². The number of fused-ring (bicyclic) bond motifs is 9. The Hall–Kier alpha value is -5.54. The third kappa shape index (κ3) is 4.72. The zero-order chi connectivity index (χ0) is 39.1. The number of Topliss-reactive ketones (excluding diaryl/α,β-unsaturated/α-hetero) is 4. The lowest BCUT2D eigenvalue weighted by atomic mass is 9.66. The first-order valence-electron chi connectivity index (χ1n) is 19.6. The number of allylic oxidation sites excluding steroid dienone is 6. The molecule has 5 aromatic rings. The van der Waals surface area contributed by atoms with Gasteiger partial charge in [-0.1, -0.05) is 50.7 Å². The first-order chi connectivity index (χ1) is 27.5. The fourth-order valence-electron chi connectivity index (χ4n) is 10.9. The summed E-state index contributed by atoms with van der Waals surface area (Å²) < 4.78 is 58.8. The summed E-state index contributed by atoms with van der Waals surface area (Å²) in [5.41, 5.74) is 4.67. The van der Waals surface area contributed by atoms with Crippen LogP contribution < -0.4 is 0 Å². The Morgan fingerprint density at radius 2 is 0.789 bits per heavy atom. The second kappa shape index (κ2) is 12.0. The number of benzene rings is 4. The Labute approximate surface area is 328 Å². The predicted octanol–water partition coefficient (Wildman–Crippen LogP) is 11.8. The molecule has 2 saturated carbocycles. The number of thiophene rings is 1. The summed E-state index contributed by atoms with van der Waals surface area (Å²) in [5, 5.41) is 2.21. The van der Waals surface area contributed by atoms with Crippen molar-refractivity contribution in [3.8, 4) is 0 Å². The average Bonchev–Trinajstić information content (AvgIpc) is 3.91. The zero-order valence-corrected chi connectivity index (χ0v) is 31.4. The first-order valence-corrected chi connectivity index (χ1v) is 20.4. The molecule has 2 fully saturated rings. The minimum Gasteiger partial charge on any atom is -0.288 e. The lowest BCUT2D eigenvalue weighted by Gasteiger charge is -2.37. The molecular weight excluding hydrogens is 749 g/mol. The van der Waals surface area contributed by atoms with Crippen LogP contribution in [0.25, 0.3) is 32.3 Å². The van der Waals surface area contributed by atoms with E-state index in [1.807, 2.05) is 0 Å². The van der Waals surface area contributed by atoms with Crippen molar-refractivity contribution >= 4 is 66.8 Å². The standard InChI is InChI=1S/C48H32F4O4S/c49-37-19-29-30(20-38(37)50)44(54)33(43(29)53)15-25-11-23-13-41-27(17-35(23)47(25)7-3-1-4-8-47)28-18-36-24(14-42(28)57-41)12-26(48(36)9-5-2-6-10-48)16-34-45(55)31-21-39(51)40(52)22-32(31)46(34)56/h11-22H,1-10H2. The molecule has 9 heteroatoms. The highest BCUT2D eigenvalue weighted by molar-refractivity contribution is 7.25. The molecular formula is C48H32F4O4S. The molecule has 0 aliphatic heterocycles. The molecule has 2 spiro atoms. The number of carbonyl (C=O) groups excluding carboxylic acids is 4. The molecule has 11 rings (SSSR count). The third-order valence-electron chi connectivity index (χ3n) is 13.7. The average molecular weight is 781 g/mol. The van der Waals surface area contributed by atoms with Crippen LogP contribution in [0.5, 0.6) is 0 Å². The molecule has 0 N–H and O–H groups in total. The van der Waals surface area contributed by atoms with E-state index in [4.69, 9.17) is 0 Å². The maximum atomic E-state index is 14.1. The predicted molar refractivity (Wildman–Crippen MR) is 211 cm³/mol. The van der Waals surface area contributed by atoms with E-state index < -0.39 is 57.2 Å². The molecule has 0 atom stereocenters. The van der Waals surface area contributed by atoms with Gasteiger partial charge in [-0.2, -0.15) is 0 Å². The molecule has 57 heavy (non-hydrogen) atoms. The van der Waals surface area contributed by atoms with Crippen LogP contribution in [0.15, 0.2) is 83.0 Å². The summed E-state index contributed by atoms with van der Waals surface area (Å²) in [6.07, 6.45) is 16.9. The van der Waals surface area contributed by atoms with Gasteiger partial charge in [0.1, 0.15) is 0 Å². The zero-order valence-electron chi connectivity index (χ0n) is 30.6. The van der Waals surface area contributed by atoms with Crippen molar-refractivity contribution in [2.45, 2.75) is 75.0 Å². The maximum Gasteiger partial charge on any atom is 0.197 e. The highest BCUT2D eigenvalue weighted by Gasteiger charge is 2.46. The Morgan fingerprint density at radius 3 is 1.12 bits per heavy atom. The lowest BCUT2D eigenvalue weighted by molar-refractivity contribution is 0.0972. The smallest absolute Gasteiger partial charge is 0.197 e. The van der Waals surface area contributed by atoms with Gasteiger partial charge in [0.05, 0.1) is 11.1 Å². The summed E-state index contributed by atoms with van der Waals surface area (Å²) in [6, 6.07) is 12.2. The Kier molecular flexibility index (Phi) is 7.30. The van der Waals surface area contributed by atoms with Gasteiger partial charge in [0.15, 0.2) is 46.4 Å². The molecule has 1 heterocycles. The van der Waals surface area contributed by atoms with Gasteiger partial charge >= 0.3 is 0 Å². The van der Waals surface area contributed by atoms with Crippen molar-refractivity contribution in [3.05, 3.63) is 151 Å². The van der Waals surface area contributed by atoms with E-state index in [0.29, 0.717) is 0 Å². The van der Waals surface area contributed by atoms with Gasteiger partial charge in [0, 0.05) is 53.3 Å². The highest BCUT2D eigenvalue weighted by atomic mass is 32.1. The summed E-state index contributed by atoms with van der Waals surface area (Å²) in [5.74, 6) is -7.01. The van der Waals surface area contributed by atoms with E-state index in [1.54, 1.807) is 23.5 Å². The van der Waals surface area contributed by atoms with Gasteiger partial charge in [-0.3, -0.25) is 19.2 Å². The van der Waals surface area contributed by atoms with Crippen molar-refractivity contribution in [3.63, 3.8) is 0 Å². The van der Waals surface area contributed by atoms with Gasteiger partial charge in [-0.05, 0) is 120 Å². The molecule has 282 valence electrons. The monoisotopic (exact) mass is 780 g/mol. The van der Waals surface area contributed by atoms with E-state index in [1.165, 1.54) is 0 Å². The van der Waals surface area contributed by atoms with Gasteiger partial charge < -0.3 is 0 Å². The largest absolute Gasteiger partial charge is 0.288 e. The van der Waals surface area contributed by atoms with E-state index in [0.717, 1.165) is 142 Å². The molecule has 0 bridgehead atoms. The second-order valence-electron chi connectivity index (χ2n) is 16.5. The van der Waals surface area contributed by atoms with Crippen LogP contribution in [-0.2, 0) is 10.8 Å². The van der Waals surface area contributed by atoms with Crippen LogP contribution in [0, 0.1) is 23.3 Å². The molecule has 1 aromatic heterocycles.